The van der Waals surface area contributed by atoms with Crippen molar-refractivity contribution in [1.82, 2.24) is 25.1 Å². The van der Waals surface area contributed by atoms with Crippen molar-refractivity contribution in [2.45, 2.75) is 50.4 Å². The third-order valence-corrected chi connectivity index (χ3v) is 5.99. The molecular formula is C22H25N5OS. The molecule has 2 heterocycles. The fourth-order valence-corrected chi connectivity index (χ4v) is 4.13. The number of rotatable bonds is 8. The zero-order valence-electron chi connectivity index (χ0n) is 16.7. The van der Waals surface area contributed by atoms with Crippen LogP contribution in [-0.2, 0) is 4.79 Å². The number of hydrogen-bond donors (Lipinski definition) is 1. The van der Waals surface area contributed by atoms with Crippen LogP contribution in [0.2, 0.25) is 0 Å². The largest absolute Gasteiger partial charge is 0.349 e. The fourth-order valence-electron chi connectivity index (χ4n) is 3.32. The highest BCUT2D eigenvalue weighted by atomic mass is 32.2. The number of aromatic nitrogens is 4. The Morgan fingerprint density at radius 2 is 2.03 bits per heavy atom. The van der Waals surface area contributed by atoms with Gasteiger partial charge in [-0.3, -0.25) is 14.3 Å². The lowest BCUT2D eigenvalue weighted by Crippen LogP contribution is -2.29. The van der Waals surface area contributed by atoms with E-state index in [1.807, 2.05) is 12.1 Å². The summed E-state index contributed by atoms with van der Waals surface area (Å²) < 4.78 is 2.16. The van der Waals surface area contributed by atoms with Gasteiger partial charge in [-0.2, -0.15) is 0 Å². The number of nitrogens with zero attached hydrogens (tertiary/aromatic N) is 4. The number of nitrogens with one attached hydrogen (secondary N) is 1. The minimum Gasteiger partial charge on any atom is -0.349 e. The number of pyridine rings is 1. The summed E-state index contributed by atoms with van der Waals surface area (Å²) in [5.41, 5.74) is 3.30. The third kappa shape index (κ3) is 4.67. The van der Waals surface area contributed by atoms with Gasteiger partial charge in [0.25, 0.3) is 0 Å². The Kier molecular flexibility index (Phi) is 5.94. The lowest BCUT2D eigenvalue weighted by molar-refractivity contribution is -0.119. The molecule has 29 heavy (non-hydrogen) atoms. The van der Waals surface area contributed by atoms with Gasteiger partial charge in [0.1, 0.15) is 0 Å². The maximum Gasteiger partial charge on any atom is 0.230 e. The standard InChI is InChI=1S/C22H25N5OS/c1-3-19(16-8-6-15(2)7-9-16)24-20(28)14-29-22-26-25-21(27(22)18-10-11-18)17-5-4-12-23-13-17/h4-9,12-13,18-19H,3,10-11,14H2,1-2H3,(H,24,28)/t19-/m0/s1. The molecule has 0 bridgehead atoms. The van der Waals surface area contributed by atoms with Gasteiger partial charge in [0.05, 0.1) is 11.8 Å². The van der Waals surface area contributed by atoms with Gasteiger partial charge in [-0.25, -0.2) is 0 Å². The molecule has 1 saturated carbocycles. The van der Waals surface area contributed by atoms with Crippen LogP contribution in [0.25, 0.3) is 11.4 Å². The van der Waals surface area contributed by atoms with Crippen molar-refractivity contribution in [2.75, 3.05) is 5.75 Å². The van der Waals surface area contributed by atoms with Crippen LogP contribution < -0.4 is 5.32 Å². The van der Waals surface area contributed by atoms with E-state index in [0.29, 0.717) is 11.8 Å². The number of benzene rings is 1. The summed E-state index contributed by atoms with van der Waals surface area (Å²) in [4.78, 5) is 16.8. The van der Waals surface area contributed by atoms with Gasteiger partial charge in [-0.1, -0.05) is 48.5 Å². The van der Waals surface area contributed by atoms with Crippen LogP contribution in [0.3, 0.4) is 0 Å². The van der Waals surface area contributed by atoms with Gasteiger partial charge < -0.3 is 5.32 Å². The van der Waals surface area contributed by atoms with E-state index in [-0.39, 0.29) is 11.9 Å². The molecule has 0 radical (unpaired) electrons. The van der Waals surface area contributed by atoms with Crippen LogP contribution in [0.15, 0.2) is 53.9 Å². The molecule has 0 aliphatic heterocycles. The van der Waals surface area contributed by atoms with Crippen molar-refractivity contribution in [1.29, 1.82) is 0 Å². The van der Waals surface area contributed by atoms with Crippen molar-refractivity contribution in [3.05, 3.63) is 59.9 Å². The predicted octanol–water partition coefficient (Wildman–Crippen LogP) is 4.34. The van der Waals surface area contributed by atoms with Crippen molar-refractivity contribution in [3.63, 3.8) is 0 Å². The third-order valence-electron chi connectivity index (χ3n) is 5.05. The zero-order valence-corrected chi connectivity index (χ0v) is 17.5. The second-order valence-electron chi connectivity index (χ2n) is 7.38. The van der Waals surface area contributed by atoms with Gasteiger partial charge in [-0.15, -0.1) is 10.2 Å². The molecule has 6 nitrogen and oxygen atoms in total. The molecule has 150 valence electrons. The van der Waals surface area contributed by atoms with E-state index in [0.717, 1.165) is 41.4 Å². The topological polar surface area (TPSA) is 72.7 Å². The normalized spacial score (nSPS) is 14.6. The summed E-state index contributed by atoms with van der Waals surface area (Å²) in [6.45, 7) is 4.15. The zero-order chi connectivity index (χ0) is 20.2. The SMILES string of the molecule is CC[C@H](NC(=O)CSc1nnc(-c2cccnc2)n1C1CC1)c1ccc(C)cc1. The quantitative estimate of drug-likeness (QED) is 0.562. The number of carbonyl (C=O) groups is 1. The number of amides is 1. The average molecular weight is 408 g/mol. The van der Waals surface area contributed by atoms with Crippen LogP contribution in [0, 0.1) is 6.92 Å². The Labute approximate surface area is 175 Å². The summed E-state index contributed by atoms with van der Waals surface area (Å²) in [5.74, 6) is 1.16. The van der Waals surface area contributed by atoms with Gasteiger partial charge in [-0.05, 0) is 43.9 Å². The van der Waals surface area contributed by atoms with Gasteiger partial charge in [0.2, 0.25) is 5.91 Å². The molecule has 4 rings (SSSR count). The minimum absolute atomic E-state index is 0.00991. The fraction of sp³-hybridized carbons (Fsp3) is 0.364. The highest BCUT2D eigenvalue weighted by molar-refractivity contribution is 7.99. The second-order valence-corrected chi connectivity index (χ2v) is 8.32. The van der Waals surface area contributed by atoms with Crippen LogP contribution in [0.1, 0.15) is 49.4 Å². The van der Waals surface area contributed by atoms with Crippen molar-refractivity contribution < 1.29 is 4.79 Å². The average Bonchev–Trinajstić information content (AvgIpc) is 3.50. The lowest BCUT2D eigenvalue weighted by atomic mass is 10.0. The monoisotopic (exact) mass is 407 g/mol. The smallest absolute Gasteiger partial charge is 0.230 e. The van der Waals surface area contributed by atoms with E-state index in [1.54, 1.807) is 12.4 Å². The van der Waals surface area contributed by atoms with Crippen molar-refractivity contribution in [3.8, 4) is 11.4 Å². The molecule has 3 aromatic rings. The summed E-state index contributed by atoms with van der Waals surface area (Å²) in [7, 11) is 0. The molecule has 2 aromatic heterocycles. The molecule has 0 unspecified atom stereocenters. The Morgan fingerprint density at radius 3 is 2.69 bits per heavy atom. The van der Waals surface area contributed by atoms with Crippen molar-refractivity contribution >= 4 is 17.7 Å². The van der Waals surface area contributed by atoms with E-state index in [9.17, 15) is 4.79 Å². The summed E-state index contributed by atoms with van der Waals surface area (Å²) in [6.07, 6.45) is 6.65. The Hall–Kier alpha value is -2.67. The molecule has 1 amide bonds. The lowest BCUT2D eigenvalue weighted by Gasteiger charge is -2.17. The van der Waals surface area contributed by atoms with E-state index >= 15 is 0 Å². The van der Waals surface area contributed by atoms with E-state index in [1.165, 1.54) is 17.3 Å². The molecule has 1 aliphatic rings. The molecule has 1 aromatic carbocycles. The molecule has 7 heteroatoms. The highest BCUT2D eigenvalue weighted by Gasteiger charge is 2.30. The first-order valence-corrected chi connectivity index (χ1v) is 11.0. The van der Waals surface area contributed by atoms with Crippen molar-refractivity contribution in [2.24, 2.45) is 0 Å². The molecule has 1 N–H and O–H groups in total. The molecular weight excluding hydrogens is 382 g/mol. The Bertz CT molecular complexity index is 967. The van der Waals surface area contributed by atoms with E-state index < -0.39 is 0 Å². The van der Waals surface area contributed by atoms with Crippen LogP contribution >= 0.6 is 11.8 Å². The first kappa shape index (κ1) is 19.6. The first-order valence-electron chi connectivity index (χ1n) is 9.99. The maximum absolute atomic E-state index is 12.6. The maximum atomic E-state index is 12.6. The molecule has 1 aliphatic carbocycles. The molecule has 1 atom stereocenters. The van der Waals surface area contributed by atoms with Gasteiger partial charge >= 0.3 is 0 Å². The highest BCUT2D eigenvalue weighted by Crippen LogP contribution is 2.40. The minimum atomic E-state index is 0.00991. The second kappa shape index (κ2) is 8.78. The first-order chi connectivity index (χ1) is 14.2. The van der Waals surface area contributed by atoms with E-state index in [4.69, 9.17) is 0 Å². The molecule has 1 fully saturated rings. The summed E-state index contributed by atoms with van der Waals surface area (Å²) in [6, 6.07) is 12.7. The molecule has 0 spiro atoms. The Morgan fingerprint density at radius 1 is 1.24 bits per heavy atom. The number of carbonyl (C=O) groups excluding carboxylic acids is 1. The number of thioether (sulfide) groups is 1. The van der Waals surface area contributed by atoms with Crippen LogP contribution in [0.4, 0.5) is 0 Å². The van der Waals surface area contributed by atoms with E-state index in [2.05, 4.69) is 63.2 Å². The van der Waals surface area contributed by atoms with Gasteiger partial charge in [0, 0.05) is 24.0 Å². The summed E-state index contributed by atoms with van der Waals surface area (Å²) in [5, 5.41) is 12.7. The molecule has 0 saturated heterocycles. The number of hydrogen-bond acceptors (Lipinski definition) is 5. The van der Waals surface area contributed by atoms with Crippen LogP contribution in [-0.4, -0.2) is 31.4 Å². The Balaban J connectivity index is 1.43. The predicted molar refractivity (Wildman–Crippen MR) is 115 cm³/mol. The summed E-state index contributed by atoms with van der Waals surface area (Å²) >= 11 is 1.45. The number of aryl methyl sites for hydroxylation is 1. The van der Waals surface area contributed by atoms with Gasteiger partial charge in [0.15, 0.2) is 11.0 Å². The van der Waals surface area contributed by atoms with Crippen LogP contribution in [0.5, 0.6) is 0 Å².